The Bertz CT molecular complexity index is 246. The summed E-state index contributed by atoms with van der Waals surface area (Å²) in [6.45, 7) is 3.09. The number of hydrogen-bond donors (Lipinski definition) is 1. The van der Waals surface area contributed by atoms with Gasteiger partial charge < -0.3 is 0 Å². The molecule has 0 aliphatic carbocycles. The Morgan fingerprint density at radius 3 is 2.30 bits per heavy atom. The summed E-state index contributed by atoms with van der Waals surface area (Å²) in [5, 5.41) is 0. The van der Waals surface area contributed by atoms with Crippen molar-refractivity contribution in [3.63, 3.8) is 0 Å². The highest BCUT2D eigenvalue weighted by atomic mass is 32.2. The van der Waals surface area contributed by atoms with E-state index < -0.39 is 10.1 Å². The lowest BCUT2D eigenvalue weighted by atomic mass is 10.5. The minimum Gasteiger partial charge on any atom is -0.282 e. The molecule has 0 radical (unpaired) electrons. The lowest BCUT2D eigenvalue weighted by Gasteiger charge is -1.90. The van der Waals surface area contributed by atoms with E-state index in [1.54, 1.807) is 19.1 Å². The van der Waals surface area contributed by atoms with Gasteiger partial charge in [-0.3, -0.25) is 4.55 Å². The molecule has 3 nitrogen and oxygen atoms in total. The van der Waals surface area contributed by atoms with Crippen LogP contribution in [-0.2, 0) is 10.1 Å². The fourth-order valence-electron chi connectivity index (χ4n) is 0.318. The molecule has 0 saturated heterocycles. The van der Waals surface area contributed by atoms with E-state index in [-0.39, 0.29) is 4.91 Å². The van der Waals surface area contributed by atoms with E-state index in [2.05, 4.69) is 0 Å². The van der Waals surface area contributed by atoms with Crippen LogP contribution in [0.5, 0.6) is 0 Å². The zero-order valence-electron chi connectivity index (χ0n) is 5.90. The van der Waals surface area contributed by atoms with Crippen LogP contribution < -0.4 is 0 Å². The van der Waals surface area contributed by atoms with Gasteiger partial charge in [-0.25, -0.2) is 0 Å². The van der Waals surface area contributed by atoms with Crippen LogP contribution in [0.25, 0.3) is 0 Å². The van der Waals surface area contributed by atoms with Crippen molar-refractivity contribution in [3.05, 3.63) is 23.1 Å². The van der Waals surface area contributed by atoms with Gasteiger partial charge in [-0.15, -0.1) is 0 Å². The van der Waals surface area contributed by atoms with E-state index in [1.807, 2.05) is 0 Å². The maximum Gasteiger partial charge on any atom is 0.290 e. The van der Waals surface area contributed by atoms with Crippen molar-refractivity contribution in [2.75, 3.05) is 0 Å². The highest BCUT2D eigenvalue weighted by Crippen LogP contribution is 2.01. The Morgan fingerprint density at radius 1 is 1.50 bits per heavy atom. The van der Waals surface area contributed by atoms with Crippen molar-refractivity contribution in [2.24, 2.45) is 0 Å². The van der Waals surface area contributed by atoms with E-state index in [0.717, 1.165) is 0 Å². The standard InChI is InChI=1S/C6H10O3S/c1-3-4-5-6(2)10(7,8)9/h3-5H,1-2H3,(H,7,8,9). The smallest absolute Gasteiger partial charge is 0.282 e. The molecule has 0 atom stereocenters. The Kier molecular flexibility index (Phi) is 3.32. The second-order valence-corrected chi connectivity index (χ2v) is 3.37. The summed E-state index contributed by atoms with van der Waals surface area (Å²) in [6, 6.07) is 0. The fraction of sp³-hybridized carbons (Fsp3) is 0.333. The molecule has 0 aromatic rings. The molecule has 0 aliphatic rings. The summed E-state index contributed by atoms with van der Waals surface area (Å²) in [5.41, 5.74) is 0. The average molecular weight is 162 g/mol. The number of allylic oxidation sites excluding steroid dienone is 4. The molecule has 58 valence electrons. The lowest BCUT2D eigenvalue weighted by Crippen LogP contribution is -1.96. The minimum atomic E-state index is -3.97. The van der Waals surface area contributed by atoms with Crippen molar-refractivity contribution < 1.29 is 13.0 Å². The molecule has 10 heavy (non-hydrogen) atoms. The van der Waals surface area contributed by atoms with Crippen LogP contribution >= 0.6 is 0 Å². The Balaban J connectivity index is 4.52. The van der Waals surface area contributed by atoms with Gasteiger partial charge in [-0.2, -0.15) is 8.42 Å². The lowest BCUT2D eigenvalue weighted by molar-refractivity contribution is 0.491. The zero-order valence-corrected chi connectivity index (χ0v) is 6.72. The Hall–Kier alpha value is -0.610. The van der Waals surface area contributed by atoms with Crippen molar-refractivity contribution in [1.29, 1.82) is 0 Å². The first-order valence-electron chi connectivity index (χ1n) is 2.75. The molecule has 0 bridgehead atoms. The molecule has 0 amide bonds. The van der Waals surface area contributed by atoms with Crippen LogP contribution in [0.4, 0.5) is 0 Å². The van der Waals surface area contributed by atoms with E-state index >= 15 is 0 Å². The maximum atomic E-state index is 10.3. The topological polar surface area (TPSA) is 54.4 Å². The maximum absolute atomic E-state index is 10.3. The molecule has 0 rings (SSSR count). The molecule has 0 spiro atoms. The zero-order chi connectivity index (χ0) is 8.20. The van der Waals surface area contributed by atoms with Crippen LogP contribution in [-0.4, -0.2) is 13.0 Å². The van der Waals surface area contributed by atoms with Gasteiger partial charge in [0.2, 0.25) is 0 Å². The molecule has 0 fully saturated rings. The van der Waals surface area contributed by atoms with Crippen molar-refractivity contribution in [2.45, 2.75) is 13.8 Å². The molecular weight excluding hydrogens is 152 g/mol. The molecule has 0 heterocycles. The van der Waals surface area contributed by atoms with Gasteiger partial charge >= 0.3 is 0 Å². The predicted octanol–water partition coefficient (Wildman–Crippen LogP) is 1.35. The van der Waals surface area contributed by atoms with Gasteiger partial charge in [0.05, 0.1) is 4.91 Å². The summed E-state index contributed by atoms with van der Waals surface area (Å²) >= 11 is 0. The first kappa shape index (κ1) is 9.39. The molecular formula is C6H10O3S. The number of hydrogen-bond acceptors (Lipinski definition) is 2. The van der Waals surface area contributed by atoms with Crippen LogP contribution in [0.2, 0.25) is 0 Å². The quantitative estimate of drug-likeness (QED) is 0.492. The predicted molar refractivity (Wildman–Crippen MR) is 40.1 cm³/mol. The molecule has 1 N–H and O–H groups in total. The summed E-state index contributed by atoms with van der Waals surface area (Å²) in [5.74, 6) is 0. The van der Waals surface area contributed by atoms with Crippen LogP contribution in [0, 0.1) is 0 Å². The largest absolute Gasteiger partial charge is 0.290 e. The molecule has 4 heteroatoms. The van der Waals surface area contributed by atoms with E-state index in [0.29, 0.717) is 0 Å². The Morgan fingerprint density at radius 2 is 2.00 bits per heavy atom. The summed E-state index contributed by atoms with van der Waals surface area (Å²) < 4.78 is 29.0. The van der Waals surface area contributed by atoms with Crippen molar-refractivity contribution in [3.8, 4) is 0 Å². The fourth-order valence-corrected chi connectivity index (χ4v) is 0.568. The van der Waals surface area contributed by atoms with Crippen molar-refractivity contribution in [1.82, 2.24) is 0 Å². The van der Waals surface area contributed by atoms with Crippen molar-refractivity contribution >= 4 is 10.1 Å². The van der Waals surface area contributed by atoms with Crippen LogP contribution in [0.15, 0.2) is 23.1 Å². The summed E-state index contributed by atoms with van der Waals surface area (Å²) in [7, 11) is -3.97. The van der Waals surface area contributed by atoms with Gasteiger partial charge in [-0.1, -0.05) is 12.2 Å². The van der Waals surface area contributed by atoms with E-state index in [4.69, 9.17) is 4.55 Å². The van der Waals surface area contributed by atoms with Crippen LogP contribution in [0.3, 0.4) is 0 Å². The first-order chi connectivity index (χ1) is 4.48. The minimum absolute atomic E-state index is 0.0504. The second kappa shape index (κ2) is 3.53. The molecule has 0 aliphatic heterocycles. The number of rotatable bonds is 2. The summed E-state index contributed by atoms with van der Waals surface area (Å²) in [6.07, 6.45) is 4.55. The van der Waals surface area contributed by atoms with Gasteiger partial charge in [0.1, 0.15) is 0 Å². The van der Waals surface area contributed by atoms with Gasteiger partial charge in [0.25, 0.3) is 10.1 Å². The second-order valence-electron chi connectivity index (χ2n) is 1.78. The third-order valence-electron chi connectivity index (χ3n) is 0.930. The highest BCUT2D eigenvalue weighted by Gasteiger charge is 2.04. The highest BCUT2D eigenvalue weighted by molar-refractivity contribution is 7.89. The molecule has 0 aromatic heterocycles. The third-order valence-corrected chi connectivity index (χ3v) is 1.88. The van der Waals surface area contributed by atoms with E-state index in [1.165, 1.54) is 13.0 Å². The monoisotopic (exact) mass is 162 g/mol. The summed E-state index contributed by atoms with van der Waals surface area (Å²) in [4.78, 5) is -0.0504. The van der Waals surface area contributed by atoms with E-state index in [9.17, 15) is 8.42 Å². The normalized spacial score (nSPS) is 14.5. The third kappa shape index (κ3) is 3.42. The Labute approximate surface area is 60.8 Å². The van der Waals surface area contributed by atoms with Crippen LogP contribution in [0.1, 0.15) is 13.8 Å². The van der Waals surface area contributed by atoms with Gasteiger partial charge in [-0.05, 0) is 19.9 Å². The van der Waals surface area contributed by atoms with Gasteiger partial charge in [0, 0.05) is 0 Å². The molecule has 0 unspecified atom stereocenters. The van der Waals surface area contributed by atoms with Gasteiger partial charge in [0.15, 0.2) is 0 Å². The SMILES string of the molecule is CC=CC=C(C)S(=O)(=O)O. The average Bonchev–Trinajstić information content (AvgIpc) is 1.80. The molecule has 0 saturated carbocycles. The first-order valence-corrected chi connectivity index (χ1v) is 4.19. The molecule has 0 aromatic carbocycles.